The summed E-state index contributed by atoms with van der Waals surface area (Å²) in [7, 11) is 0. The van der Waals surface area contributed by atoms with Crippen molar-refractivity contribution < 1.29 is 18.0 Å². The Balaban J connectivity index is 4.12. The van der Waals surface area contributed by atoms with Crippen LogP contribution in [-0.4, -0.2) is 21.0 Å². The molecule has 0 saturated carbocycles. The lowest BCUT2D eigenvalue weighted by atomic mass is 10.2. The lowest BCUT2D eigenvalue weighted by molar-refractivity contribution is -0.130. The Bertz CT molecular complexity index is 330. The third-order valence-corrected chi connectivity index (χ3v) is 3.08. The van der Waals surface area contributed by atoms with Crippen molar-refractivity contribution in [2.75, 3.05) is 5.75 Å². The topological polar surface area (TPSA) is 46.3 Å². The average Bonchev–Trinajstić information content (AvgIpc) is 2.26. The summed E-state index contributed by atoms with van der Waals surface area (Å²) in [6, 6.07) is 0. The first-order chi connectivity index (χ1) is 7.77. The number of rotatable bonds is 4. The molecule has 0 aliphatic rings. The predicted molar refractivity (Wildman–Crippen MR) is 65.9 cm³/mol. The van der Waals surface area contributed by atoms with Crippen LogP contribution in [0.1, 0.15) is 20.3 Å². The van der Waals surface area contributed by atoms with Gasteiger partial charge in [0.25, 0.3) is 0 Å². The van der Waals surface area contributed by atoms with Crippen molar-refractivity contribution in [3.05, 3.63) is 11.9 Å². The zero-order valence-corrected chi connectivity index (χ0v) is 11.0. The highest BCUT2D eigenvalue weighted by Gasteiger charge is 2.18. The summed E-state index contributed by atoms with van der Waals surface area (Å²) >= 11 is 5.69. The molecule has 0 spiro atoms. The van der Waals surface area contributed by atoms with Crippen LogP contribution in [-0.2, 0) is 4.79 Å². The first-order valence-corrected chi connectivity index (χ1v) is 6.11. The summed E-state index contributed by atoms with van der Waals surface area (Å²) in [5.41, 5.74) is 0. The van der Waals surface area contributed by atoms with Crippen LogP contribution in [0.3, 0.4) is 0 Å². The molecule has 0 unspecified atom stereocenters. The first kappa shape index (κ1) is 16.4. The van der Waals surface area contributed by atoms with Gasteiger partial charge in [-0.2, -0.15) is 8.78 Å². The molecular weight excluding hydrogens is 273 g/mol. The van der Waals surface area contributed by atoms with Crippen molar-refractivity contribution in [2.24, 2.45) is 11.8 Å². The molecule has 0 rings (SSSR count). The molecule has 0 aromatic carbocycles. The summed E-state index contributed by atoms with van der Waals surface area (Å²) in [4.78, 5) is 11.4. The molecule has 0 atom stereocenters. The van der Waals surface area contributed by atoms with Crippen LogP contribution in [0.5, 0.6) is 0 Å². The van der Waals surface area contributed by atoms with E-state index < -0.39 is 18.3 Å². The summed E-state index contributed by atoms with van der Waals surface area (Å²) < 4.78 is 35.9. The molecular formula is C9H13F3N2OS2. The number of thioether (sulfide) groups is 1. The quantitative estimate of drug-likeness (QED) is 0.373. The molecule has 17 heavy (non-hydrogen) atoms. The minimum absolute atomic E-state index is 0.00107. The molecule has 0 radical (unpaired) electrons. The van der Waals surface area contributed by atoms with Gasteiger partial charge in [-0.05, 0) is 0 Å². The summed E-state index contributed by atoms with van der Waals surface area (Å²) in [5, 5.41) is 0.776. The van der Waals surface area contributed by atoms with Crippen molar-refractivity contribution in [3.63, 3.8) is 0 Å². The zero-order valence-electron chi connectivity index (χ0n) is 9.37. The number of nitrogens with two attached hydrogens (primary N) is 1. The molecule has 0 aromatic rings. The summed E-state index contributed by atoms with van der Waals surface area (Å²) in [6.07, 6.45) is -2.78. The fourth-order valence-electron chi connectivity index (χ4n) is 0.760. The molecule has 0 heterocycles. The fraction of sp³-hybridized carbons (Fsp3) is 0.556. The number of carbonyl (C=O) groups is 1. The van der Waals surface area contributed by atoms with Crippen LogP contribution >= 0.6 is 24.0 Å². The van der Waals surface area contributed by atoms with Crippen LogP contribution < -0.4 is 5.84 Å². The summed E-state index contributed by atoms with van der Waals surface area (Å²) in [6.45, 7) is 3.30. The Labute approximate surface area is 107 Å². The second kappa shape index (κ2) is 7.67. The smallest absolute Gasteiger partial charge is 0.273 e. The van der Waals surface area contributed by atoms with Gasteiger partial charge in [-0.3, -0.25) is 4.79 Å². The van der Waals surface area contributed by atoms with Gasteiger partial charge in [0.05, 0.1) is 0 Å². The van der Waals surface area contributed by atoms with Crippen LogP contribution in [0.4, 0.5) is 13.2 Å². The summed E-state index contributed by atoms with van der Waals surface area (Å²) in [5.74, 6) is 3.23. The van der Waals surface area contributed by atoms with E-state index in [1.54, 1.807) is 13.8 Å². The highest BCUT2D eigenvalue weighted by molar-refractivity contribution is 8.22. The van der Waals surface area contributed by atoms with Gasteiger partial charge >= 0.3 is 6.08 Å². The molecule has 1 amide bonds. The number of allylic oxidation sites excluding steroid dienone is 1. The van der Waals surface area contributed by atoms with E-state index in [4.69, 9.17) is 18.1 Å². The Morgan fingerprint density at radius 2 is 1.94 bits per heavy atom. The maximum atomic E-state index is 12.4. The number of halogens is 3. The van der Waals surface area contributed by atoms with Crippen LogP contribution in [0, 0.1) is 5.92 Å². The molecule has 0 fully saturated rings. The minimum Gasteiger partial charge on any atom is -0.273 e. The number of amides is 1. The van der Waals surface area contributed by atoms with Crippen LogP contribution in [0.25, 0.3) is 0 Å². The molecule has 8 heteroatoms. The van der Waals surface area contributed by atoms with Crippen molar-refractivity contribution >= 4 is 34.2 Å². The maximum absolute atomic E-state index is 12.4. The van der Waals surface area contributed by atoms with E-state index in [9.17, 15) is 18.0 Å². The third kappa shape index (κ3) is 6.04. The second-order valence-corrected chi connectivity index (χ2v) is 5.12. The van der Waals surface area contributed by atoms with E-state index in [1.807, 2.05) is 0 Å². The van der Waals surface area contributed by atoms with Crippen LogP contribution in [0.15, 0.2) is 11.9 Å². The minimum atomic E-state index is -2.33. The van der Waals surface area contributed by atoms with Crippen molar-refractivity contribution in [2.45, 2.75) is 20.3 Å². The van der Waals surface area contributed by atoms with Gasteiger partial charge in [0, 0.05) is 18.1 Å². The number of hydrogen-bond acceptors (Lipinski definition) is 4. The Kier molecular flexibility index (Phi) is 7.40. The largest absolute Gasteiger partial charge is 0.301 e. The predicted octanol–water partition coefficient (Wildman–Crippen LogP) is 2.83. The number of hydrazine groups is 1. The average molecular weight is 286 g/mol. The van der Waals surface area contributed by atoms with Gasteiger partial charge in [-0.25, -0.2) is 15.2 Å². The Hall–Kier alpha value is -0.600. The molecule has 0 saturated heterocycles. The molecule has 98 valence electrons. The van der Waals surface area contributed by atoms with Crippen molar-refractivity contribution in [3.8, 4) is 0 Å². The standard InChI is InChI=1S/C9H13F3N2OS2/c1-5(2)8(15)14(13)9(16)17-4-3-6(10)7(11)12/h5H,3-4,13H2,1-2H3. The number of hydrogen-bond donors (Lipinski definition) is 1. The highest BCUT2D eigenvalue weighted by Crippen LogP contribution is 2.18. The SMILES string of the molecule is CC(C)C(=O)N(N)C(=S)SCCC(F)=C(F)F. The van der Waals surface area contributed by atoms with Crippen molar-refractivity contribution in [1.82, 2.24) is 5.01 Å². The zero-order chi connectivity index (χ0) is 13.6. The van der Waals surface area contributed by atoms with Gasteiger partial charge in [0.1, 0.15) is 0 Å². The van der Waals surface area contributed by atoms with E-state index in [-0.39, 0.29) is 21.9 Å². The van der Waals surface area contributed by atoms with Crippen molar-refractivity contribution in [1.29, 1.82) is 0 Å². The second-order valence-electron chi connectivity index (χ2n) is 3.39. The Morgan fingerprint density at radius 3 is 2.35 bits per heavy atom. The number of thiocarbonyl (C=S) groups is 1. The molecule has 3 nitrogen and oxygen atoms in total. The van der Waals surface area contributed by atoms with Gasteiger partial charge in [0.2, 0.25) is 5.91 Å². The molecule has 2 N–H and O–H groups in total. The number of nitrogens with zero attached hydrogens (tertiary/aromatic N) is 1. The van der Waals surface area contributed by atoms with E-state index in [0.29, 0.717) is 0 Å². The van der Waals surface area contributed by atoms with Gasteiger partial charge < -0.3 is 0 Å². The number of carbonyl (C=O) groups excluding carboxylic acids is 1. The molecule has 0 aromatic heterocycles. The van der Waals surface area contributed by atoms with Gasteiger partial charge in [-0.1, -0.05) is 37.8 Å². The lowest BCUT2D eigenvalue weighted by Gasteiger charge is -2.18. The normalized spacial score (nSPS) is 10.3. The van der Waals surface area contributed by atoms with Gasteiger partial charge in [-0.15, -0.1) is 0 Å². The maximum Gasteiger partial charge on any atom is 0.301 e. The molecule has 0 bridgehead atoms. The lowest BCUT2D eigenvalue weighted by Crippen LogP contribution is -2.42. The van der Waals surface area contributed by atoms with E-state index in [1.165, 1.54) is 0 Å². The highest BCUT2D eigenvalue weighted by atomic mass is 32.2. The fourth-order valence-corrected chi connectivity index (χ4v) is 1.79. The van der Waals surface area contributed by atoms with E-state index >= 15 is 0 Å². The third-order valence-electron chi connectivity index (χ3n) is 1.68. The van der Waals surface area contributed by atoms with Crippen LogP contribution in [0.2, 0.25) is 0 Å². The van der Waals surface area contributed by atoms with Gasteiger partial charge in [0.15, 0.2) is 10.1 Å². The monoisotopic (exact) mass is 286 g/mol. The van der Waals surface area contributed by atoms with E-state index in [0.717, 1.165) is 16.8 Å². The molecule has 0 aliphatic carbocycles. The Morgan fingerprint density at radius 1 is 1.41 bits per heavy atom. The molecule has 0 aliphatic heterocycles. The van der Waals surface area contributed by atoms with E-state index in [2.05, 4.69) is 0 Å². The first-order valence-electron chi connectivity index (χ1n) is 4.72.